The van der Waals surface area contributed by atoms with E-state index in [4.69, 9.17) is 18.9 Å². The van der Waals surface area contributed by atoms with Gasteiger partial charge in [0, 0.05) is 12.1 Å². The highest BCUT2D eigenvalue weighted by Crippen LogP contribution is 2.52. The summed E-state index contributed by atoms with van der Waals surface area (Å²) >= 11 is 0. The van der Waals surface area contributed by atoms with Gasteiger partial charge in [-0.3, -0.25) is 9.80 Å². The molecule has 0 radical (unpaired) electrons. The molecule has 2 bridgehead atoms. The molecule has 3 heterocycles. The number of piperazine rings is 1. The maximum absolute atomic E-state index is 10.6. The Morgan fingerprint density at radius 1 is 0.853 bits per heavy atom. The molecule has 0 aromatic heterocycles. The minimum atomic E-state index is -0.370. The number of nitriles is 1. The van der Waals surface area contributed by atoms with E-state index in [1.54, 1.807) is 28.4 Å². The fourth-order valence-electron chi connectivity index (χ4n) is 6.36. The number of rotatable bonds is 5. The lowest BCUT2D eigenvalue weighted by molar-refractivity contribution is -0.0813. The molecule has 2 aromatic carbocycles. The molecule has 2 unspecified atom stereocenters. The molecule has 1 saturated heterocycles. The Labute approximate surface area is 200 Å². The first-order valence-electron chi connectivity index (χ1n) is 11.5. The highest BCUT2D eigenvalue weighted by atomic mass is 16.5. The normalized spacial score (nSPS) is 27.6. The Morgan fingerprint density at radius 2 is 1.35 bits per heavy atom. The number of aliphatic hydroxyl groups excluding tert-OH is 1. The maximum atomic E-state index is 10.6. The van der Waals surface area contributed by atoms with Crippen LogP contribution in [0.5, 0.6) is 23.0 Å². The highest BCUT2D eigenvalue weighted by Gasteiger charge is 2.54. The first-order chi connectivity index (χ1) is 16.5. The van der Waals surface area contributed by atoms with E-state index in [9.17, 15) is 10.4 Å². The van der Waals surface area contributed by atoms with E-state index in [0.717, 1.165) is 24.0 Å². The average molecular weight is 466 g/mol. The second kappa shape index (κ2) is 8.66. The van der Waals surface area contributed by atoms with Crippen molar-refractivity contribution in [2.24, 2.45) is 0 Å². The van der Waals surface area contributed by atoms with Crippen molar-refractivity contribution in [1.29, 1.82) is 5.26 Å². The van der Waals surface area contributed by atoms with Crippen LogP contribution in [-0.2, 0) is 12.8 Å². The predicted octanol–water partition coefficient (Wildman–Crippen LogP) is 2.48. The Hall–Kier alpha value is -2.99. The Kier molecular flexibility index (Phi) is 5.80. The van der Waals surface area contributed by atoms with Gasteiger partial charge in [-0.2, -0.15) is 5.26 Å². The summed E-state index contributed by atoms with van der Waals surface area (Å²) in [4.78, 5) is 4.58. The van der Waals surface area contributed by atoms with E-state index in [0.29, 0.717) is 23.0 Å². The third-order valence-corrected chi connectivity index (χ3v) is 7.89. The van der Waals surface area contributed by atoms with Gasteiger partial charge in [-0.1, -0.05) is 0 Å². The van der Waals surface area contributed by atoms with Crippen molar-refractivity contribution in [3.8, 4) is 29.1 Å². The van der Waals surface area contributed by atoms with Gasteiger partial charge in [0.05, 0.1) is 53.2 Å². The zero-order chi connectivity index (χ0) is 24.1. The van der Waals surface area contributed by atoms with Crippen LogP contribution >= 0.6 is 0 Å². The minimum absolute atomic E-state index is 0.00686. The SMILES string of the molecule is COc1cc2c(cc1OC)C(CO)N1C(C2)[C@H]2c3cc(OC)c(OC)cc3C[C@@H]([C@@H]1C#N)N2C. The number of ether oxygens (including phenoxy) is 4. The first kappa shape index (κ1) is 22.8. The number of aliphatic hydroxyl groups is 1. The van der Waals surface area contributed by atoms with Crippen LogP contribution in [0.1, 0.15) is 34.3 Å². The smallest absolute Gasteiger partial charge is 0.161 e. The molecule has 0 spiro atoms. The van der Waals surface area contributed by atoms with Crippen LogP contribution in [0.3, 0.4) is 0 Å². The molecule has 34 heavy (non-hydrogen) atoms. The van der Waals surface area contributed by atoms with E-state index in [1.165, 1.54) is 11.1 Å². The first-order valence-corrected chi connectivity index (χ1v) is 11.5. The van der Waals surface area contributed by atoms with Crippen LogP contribution in [0.15, 0.2) is 24.3 Å². The molecule has 0 aliphatic carbocycles. The molecule has 1 fully saturated rings. The maximum Gasteiger partial charge on any atom is 0.161 e. The molecule has 5 atom stereocenters. The molecule has 180 valence electrons. The highest BCUT2D eigenvalue weighted by molar-refractivity contribution is 5.53. The lowest BCUT2D eigenvalue weighted by Crippen LogP contribution is -2.68. The number of likely N-dealkylation sites (N-methyl/N-ethyl adjacent to an activating group) is 1. The third-order valence-electron chi connectivity index (χ3n) is 7.89. The zero-order valence-corrected chi connectivity index (χ0v) is 20.2. The number of benzene rings is 2. The fraction of sp³-hybridized carbons (Fsp3) is 0.500. The van der Waals surface area contributed by atoms with Crippen molar-refractivity contribution in [1.82, 2.24) is 9.80 Å². The molecule has 5 rings (SSSR count). The van der Waals surface area contributed by atoms with E-state index in [-0.39, 0.29) is 36.8 Å². The molecule has 3 aliphatic heterocycles. The lowest BCUT2D eigenvalue weighted by atomic mass is 9.73. The van der Waals surface area contributed by atoms with E-state index in [1.807, 2.05) is 12.1 Å². The molecule has 0 saturated carbocycles. The van der Waals surface area contributed by atoms with Gasteiger partial charge in [0.1, 0.15) is 6.04 Å². The Morgan fingerprint density at radius 3 is 1.88 bits per heavy atom. The number of nitrogens with zero attached hydrogens (tertiary/aromatic N) is 3. The van der Waals surface area contributed by atoms with Gasteiger partial charge in [-0.25, -0.2) is 0 Å². The quantitative estimate of drug-likeness (QED) is 0.721. The molecule has 0 amide bonds. The van der Waals surface area contributed by atoms with E-state index < -0.39 is 0 Å². The third kappa shape index (κ3) is 3.15. The van der Waals surface area contributed by atoms with Crippen LogP contribution in [0.2, 0.25) is 0 Å². The summed E-state index contributed by atoms with van der Waals surface area (Å²) < 4.78 is 22.3. The summed E-state index contributed by atoms with van der Waals surface area (Å²) in [5.41, 5.74) is 4.47. The fourth-order valence-corrected chi connectivity index (χ4v) is 6.36. The monoisotopic (exact) mass is 465 g/mol. The standard InChI is InChI=1S/C26H31N3O5/c1-28-18-6-15-9-23(32-3)25(34-5)11-17(15)26(28)19-7-14-8-22(31-2)24(33-4)10-16(14)21(13-30)29(19)20(18)12-27/h8-11,18-21,26,30H,6-7,13H2,1-5H3/t18-,19?,20-,21?,26+/m0/s1. The van der Waals surface area contributed by atoms with Gasteiger partial charge in [0.2, 0.25) is 0 Å². The number of hydrogen-bond donors (Lipinski definition) is 1. The van der Waals surface area contributed by atoms with Gasteiger partial charge >= 0.3 is 0 Å². The number of methoxy groups -OCH3 is 4. The van der Waals surface area contributed by atoms with Gasteiger partial charge in [0.25, 0.3) is 0 Å². The molecular weight excluding hydrogens is 434 g/mol. The number of fused-ring (bicyclic) bond motifs is 7. The summed E-state index contributed by atoms with van der Waals surface area (Å²) in [5.74, 6) is 2.69. The molecular formula is C26H31N3O5. The van der Waals surface area contributed by atoms with Crippen molar-refractivity contribution in [2.45, 2.75) is 43.1 Å². The van der Waals surface area contributed by atoms with Crippen LogP contribution in [0.25, 0.3) is 0 Å². The largest absolute Gasteiger partial charge is 0.493 e. The molecule has 1 N–H and O–H groups in total. The second-order valence-electron chi connectivity index (χ2n) is 9.18. The minimum Gasteiger partial charge on any atom is -0.493 e. The van der Waals surface area contributed by atoms with Crippen molar-refractivity contribution >= 4 is 0 Å². The summed E-state index contributed by atoms with van der Waals surface area (Å²) in [7, 11) is 8.64. The predicted molar refractivity (Wildman–Crippen MR) is 126 cm³/mol. The zero-order valence-electron chi connectivity index (χ0n) is 20.2. The van der Waals surface area contributed by atoms with E-state index in [2.05, 4.69) is 35.0 Å². The Bertz CT molecular complexity index is 1150. The van der Waals surface area contributed by atoms with Crippen LogP contribution in [-0.4, -0.2) is 75.1 Å². The second-order valence-corrected chi connectivity index (χ2v) is 9.18. The summed E-state index contributed by atoms with van der Waals surface area (Å²) in [6.07, 6.45) is 1.45. The topological polar surface area (TPSA) is 87.4 Å². The summed E-state index contributed by atoms with van der Waals surface area (Å²) in [6, 6.07) is 10.0. The van der Waals surface area contributed by atoms with Crippen molar-refractivity contribution < 1.29 is 24.1 Å². The van der Waals surface area contributed by atoms with Gasteiger partial charge in [0.15, 0.2) is 23.0 Å². The van der Waals surface area contributed by atoms with Crippen LogP contribution in [0.4, 0.5) is 0 Å². The van der Waals surface area contributed by atoms with Crippen molar-refractivity contribution in [3.63, 3.8) is 0 Å². The van der Waals surface area contributed by atoms with Gasteiger partial charge in [-0.05, 0) is 66.4 Å². The summed E-state index contributed by atoms with van der Waals surface area (Å²) in [6.45, 7) is -0.0842. The average Bonchev–Trinajstić information content (AvgIpc) is 2.86. The van der Waals surface area contributed by atoms with E-state index >= 15 is 0 Å². The van der Waals surface area contributed by atoms with Gasteiger partial charge < -0.3 is 24.1 Å². The molecule has 2 aromatic rings. The molecule has 8 nitrogen and oxygen atoms in total. The van der Waals surface area contributed by atoms with Crippen LogP contribution < -0.4 is 18.9 Å². The van der Waals surface area contributed by atoms with Crippen LogP contribution in [0, 0.1) is 11.3 Å². The summed E-state index contributed by atoms with van der Waals surface area (Å²) in [5, 5.41) is 20.9. The molecule has 3 aliphatic rings. The van der Waals surface area contributed by atoms with Crippen molar-refractivity contribution in [3.05, 3.63) is 46.5 Å². The van der Waals surface area contributed by atoms with Gasteiger partial charge in [-0.15, -0.1) is 0 Å². The molecule has 8 heteroatoms. The lowest BCUT2D eigenvalue weighted by Gasteiger charge is -2.59. The number of hydrogen-bond acceptors (Lipinski definition) is 8. The van der Waals surface area contributed by atoms with Crippen molar-refractivity contribution in [2.75, 3.05) is 42.1 Å². The Balaban J connectivity index is 1.70.